The molecule has 8 nitrogen and oxygen atoms in total. The van der Waals surface area contributed by atoms with Crippen molar-refractivity contribution in [3.8, 4) is 0 Å². The third kappa shape index (κ3) is 5.16. The van der Waals surface area contributed by atoms with Gasteiger partial charge >= 0.3 is 0 Å². The number of hydrogen-bond donors (Lipinski definition) is 1. The Morgan fingerprint density at radius 1 is 1.17 bits per heavy atom. The van der Waals surface area contributed by atoms with Crippen molar-refractivity contribution >= 4 is 17.6 Å². The number of carbonyl (C=O) groups excluding carboxylic acids is 2. The summed E-state index contributed by atoms with van der Waals surface area (Å²) in [5.74, 6) is 0.638. The Morgan fingerprint density at radius 2 is 1.88 bits per heavy atom. The standard InChI is InChI=1S/C16H26N6O2/c1-13(23)21-7-9-22(10-8-21)15-12-18-14(11-19-15)16(24)17-5-4-6-20(2)3/h11-12H,4-10H2,1-3H3,(H,17,24). The van der Waals surface area contributed by atoms with Gasteiger partial charge in [0.15, 0.2) is 0 Å². The molecule has 1 aliphatic rings. The first-order valence-corrected chi connectivity index (χ1v) is 8.23. The number of amides is 2. The fourth-order valence-electron chi connectivity index (χ4n) is 2.54. The van der Waals surface area contributed by atoms with Crippen LogP contribution in [0.1, 0.15) is 23.8 Å². The molecule has 0 aliphatic carbocycles. The maximum absolute atomic E-state index is 12.0. The Morgan fingerprint density at radius 3 is 2.42 bits per heavy atom. The van der Waals surface area contributed by atoms with Crippen LogP contribution in [0.25, 0.3) is 0 Å². The highest BCUT2D eigenvalue weighted by atomic mass is 16.2. The minimum absolute atomic E-state index is 0.0991. The van der Waals surface area contributed by atoms with Gasteiger partial charge in [0, 0.05) is 39.6 Å². The number of hydrogen-bond acceptors (Lipinski definition) is 6. The molecule has 1 aromatic heterocycles. The van der Waals surface area contributed by atoms with E-state index in [4.69, 9.17) is 0 Å². The van der Waals surface area contributed by atoms with E-state index in [0.29, 0.717) is 25.3 Å². The van der Waals surface area contributed by atoms with E-state index in [-0.39, 0.29) is 11.8 Å². The number of anilines is 1. The maximum Gasteiger partial charge on any atom is 0.271 e. The van der Waals surface area contributed by atoms with Gasteiger partial charge in [0.05, 0.1) is 12.4 Å². The highest BCUT2D eigenvalue weighted by Crippen LogP contribution is 2.12. The monoisotopic (exact) mass is 334 g/mol. The van der Waals surface area contributed by atoms with Gasteiger partial charge in [-0.05, 0) is 27.1 Å². The van der Waals surface area contributed by atoms with Gasteiger partial charge < -0.3 is 20.0 Å². The fourth-order valence-corrected chi connectivity index (χ4v) is 2.54. The predicted octanol–water partition coefficient (Wildman–Crippen LogP) is -0.173. The molecule has 24 heavy (non-hydrogen) atoms. The molecule has 1 aromatic rings. The van der Waals surface area contributed by atoms with E-state index in [1.165, 1.54) is 6.20 Å². The fraction of sp³-hybridized carbons (Fsp3) is 0.625. The predicted molar refractivity (Wildman–Crippen MR) is 92.0 cm³/mol. The largest absolute Gasteiger partial charge is 0.352 e. The molecule has 2 rings (SSSR count). The Balaban J connectivity index is 1.82. The van der Waals surface area contributed by atoms with E-state index < -0.39 is 0 Å². The lowest BCUT2D eigenvalue weighted by molar-refractivity contribution is -0.129. The van der Waals surface area contributed by atoms with Crippen molar-refractivity contribution in [2.75, 3.05) is 58.3 Å². The molecule has 0 saturated carbocycles. The quantitative estimate of drug-likeness (QED) is 0.727. The zero-order chi connectivity index (χ0) is 17.5. The summed E-state index contributed by atoms with van der Waals surface area (Å²) in [6.45, 7) is 5.96. The third-order valence-corrected chi connectivity index (χ3v) is 3.99. The summed E-state index contributed by atoms with van der Waals surface area (Å²) in [5.41, 5.74) is 0.325. The molecule has 2 heterocycles. The first-order chi connectivity index (χ1) is 11.5. The molecule has 132 valence electrons. The number of piperazine rings is 1. The summed E-state index contributed by atoms with van der Waals surface area (Å²) in [4.78, 5) is 37.9. The number of rotatable bonds is 6. The maximum atomic E-state index is 12.0. The number of carbonyl (C=O) groups is 2. The molecule has 1 N–H and O–H groups in total. The van der Waals surface area contributed by atoms with Crippen molar-refractivity contribution in [2.24, 2.45) is 0 Å². The average molecular weight is 334 g/mol. The first-order valence-electron chi connectivity index (χ1n) is 8.23. The molecule has 0 spiro atoms. The van der Waals surface area contributed by atoms with Crippen LogP contribution in [0.4, 0.5) is 5.82 Å². The Hall–Kier alpha value is -2.22. The summed E-state index contributed by atoms with van der Waals surface area (Å²) in [7, 11) is 4.00. The van der Waals surface area contributed by atoms with E-state index >= 15 is 0 Å². The van der Waals surface area contributed by atoms with E-state index in [0.717, 1.165) is 31.9 Å². The Labute approximate surface area is 142 Å². The molecule has 0 unspecified atom stereocenters. The van der Waals surface area contributed by atoms with Crippen molar-refractivity contribution in [1.29, 1.82) is 0 Å². The highest BCUT2D eigenvalue weighted by molar-refractivity contribution is 5.91. The van der Waals surface area contributed by atoms with Crippen LogP contribution in [0.15, 0.2) is 12.4 Å². The van der Waals surface area contributed by atoms with Crippen molar-refractivity contribution in [2.45, 2.75) is 13.3 Å². The van der Waals surface area contributed by atoms with E-state index in [9.17, 15) is 9.59 Å². The zero-order valence-electron chi connectivity index (χ0n) is 14.7. The number of nitrogens with one attached hydrogen (secondary N) is 1. The highest BCUT2D eigenvalue weighted by Gasteiger charge is 2.20. The molecule has 0 aromatic carbocycles. The molecular weight excluding hydrogens is 308 g/mol. The number of aromatic nitrogens is 2. The Kier molecular flexibility index (Phi) is 6.48. The molecule has 0 atom stereocenters. The molecule has 8 heteroatoms. The van der Waals surface area contributed by atoms with Crippen LogP contribution in [0.5, 0.6) is 0 Å². The molecule has 2 amide bonds. The van der Waals surface area contributed by atoms with Crippen LogP contribution in [0.3, 0.4) is 0 Å². The summed E-state index contributed by atoms with van der Waals surface area (Å²) in [6.07, 6.45) is 4.02. The van der Waals surface area contributed by atoms with Gasteiger partial charge in [0.25, 0.3) is 5.91 Å². The molecular formula is C16H26N6O2. The van der Waals surface area contributed by atoms with Crippen LogP contribution in [-0.4, -0.2) is 84.9 Å². The van der Waals surface area contributed by atoms with Crippen LogP contribution >= 0.6 is 0 Å². The van der Waals surface area contributed by atoms with Gasteiger partial charge in [0.1, 0.15) is 11.5 Å². The first kappa shape index (κ1) is 18.1. The normalized spacial score (nSPS) is 14.8. The SMILES string of the molecule is CC(=O)N1CCN(c2cnc(C(=O)NCCCN(C)C)cn2)CC1. The molecule has 0 radical (unpaired) electrons. The summed E-state index contributed by atoms with van der Waals surface area (Å²) in [6, 6.07) is 0. The smallest absolute Gasteiger partial charge is 0.271 e. The molecule has 1 saturated heterocycles. The zero-order valence-corrected chi connectivity index (χ0v) is 14.7. The lowest BCUT2D eigenvalue weighted by Crippen LogP contribution is -2.48. The van der Waals surface area contributed by atoms with Crippen molar-refractivity contribution in [3.05, 3.63) is 18.1 Å². The topological polar surface area (TPSA) is 81.7 Å². The average Bonchev–Trinajstić information content (AvgIpc) is 2.58. The van der Waals surface area contributed by atoms with Crippen LogP contribution in [-0.2, 0) is 4.79 Å². The summed E-state index contributed by atoms with van der Waals surface area (Å²) in [5, 5.41) is 2.85. The van der Waals surface area contributed by atoms with Crippen LogP contribution in [0.2, 0.25) is 0 Å². The van der Waals surface area contributed by atoms with Crippen LogP contribution in [0, 0.1) is 0 Å². The lowest BCUT2D eigenvalue weighted by atomic mass is 10.3. The molecule has 1 fully saturated rings. The summed E-state index contributed by atoms with van der Waals surface area (Å²) >= 11 is 0. The van der Waals surface area contributed by atoms with Gasteiger partial charge in [-0.3, -0.25) is 9.59 Å². The second-order valence-corrected chi connectivity index (χ2v) is 6.17. The lowest BCUT2D eigenvalue weighted by Gasteiger charge is -2.34. The van der Waals surface area contributed by atoms with Crippen molar-refractivity contribution in [3.63, 3.8) is 0 Å². The van der Waals surface area contributed by atoms with Crippen molar-refractivity contribution < 1.29 is 9.59 Å². The third-order valence-electron chi connectivity index (χ3n) is 3.99. The van der Waals surface area contributed by atoms with Gasteiger partial charge in [0.2, 0.25) is 5.91 Å². The van der Waals surface area contributed by atoms with Gasteiger partial charge in [-0.15, -0.1) is 0 Å². The van der Waals surface area contributed by atoms with E-state index in [1.54, 1.807) is 13.1 Å². The van der Waals surface area contributed by atoms with Gasteiger partial charge in [-0.2, -0.15) is 0 Å². The molecule has 0 bridgehead atoms. The summed E-state index contributed by atoms with van der Waals surface area (Å²) < 4.78 is 0. The van der Waals surface area contributed by atoms with Gasteiger partial charge in [-0.25, -0.2) is 9.97 Å². The Bertz CT molecular complexity index is 552. The second kappa shape index (κ2) is 8.58. The second-order valence-electron chi connectivity index (χ2n) is 6.17. The van der Waals surface area contributed by atoms with Gasteiger partial charge in [-0.1, -0.05) is 0 Å². The van der Waals surface area contributed by atoms with Crippen LogP contribution < -0.4 is 10.2 Å². The number of nitrogens with zero attached hydrogens (tertiary/aromatic N) is 5. The van der Waals surface area contributed by atoms with E-state index in [1.807, 2.05) is 19.0 Å². The molecule has 1 aliphatic heterocycles. The van der Waals surface area contributed by atoms with E-state index in [2.05, 4.69) is 25.1 Å². The minimum atomic E-state index is -0.200. The van der Waals surface area contributed by atoms with Crippen molar-refractivity contribution in [1.82, 2.24) is 25.1 Å². The minimum Gasteiger partial charge on any atom is -0.352 e.